The SMILES string of the molecule is C=CCN(CC=C)C(=S)SC(=O)OC(C)C. The first-order chi connectivity index (χ1) is 7.51. The summed E-state index contributed by atoms with van der Waals surface area (Å²) in [5, 5.41) is -0.377. The lowest BCUT2D eigenvalue weighted by atomic mass is 10.5. The van der Waals surface area contributed by atoms with Gasteiger partial charge < -0.3 is 9.64 Å². The van der Waals surface area contributed by atoms with Crippen molar-refractivity contribution in [1.82, 2.24) is 4.90 Å². The fourth-order valence-electron chi connectivity index (χ4n) is 0.888. The average Bonchev–Trinajstić information content (AvgIpc) is 2.15. The number of thiocarbonyl (C=S) groups is 1. The minimum atomic E-state index is -0.377. The molecule has 0 aliphatic carbocycles. The summed E-state index contributed by atoms with van der Waals surface area (Å²) in [6, 6.07) is 0. The van der Waals surface area contributed by atoms with Crippen molar-refractivity contribution in [2.75, 3.05) is 13.1 Å². The Hall–Kier alpha value is -0.810. The molecule has 90 valence electrons. The van der Waals surface area contributed by atoms with Crippen molar-refractivity contribution in [3.63, 3.8) is 0 Å². The van der Waals surface area contributed by atoms with E-state index in [1.807, 2.05) is 4.90 Å². The summed E-state index contributed by atoms with van der Waals surface area (Å²) in [7, 11) is 0. The molecule has 0 aromatic heterocycles. The van der Waals surface area contributed by atoms with E-state index in [4.69, 9.17) is 17.0 Å². The van der Waals surface area contributed by atoms with Crippen molar-refractivity contribution < 1.29 is 9.53 Å². The number of carbonyl (C=O) groups is 1. The first-order valence-corrected chi connectivity index (χ1v) is 6.12. The van der Waals surface area contributed by atoms with Gasteiger partial charge in [0.15, 0.2) is 0 Å². The molecule has 0 aliphatic rings. The van der Waals surface area contributed by atoms with Crippen LogP contribution in [0.25, 0.3) is 0 Å². The van der Waals surface area contributed by atoms with Crippen LogP contribution in [0, 0.1) is 0 Å². The van der Waals surface area contributed by atoms with Gasteiger partial charge in [0.1, 0.15) is 4.32 Å². The van der Waals surface area contributed by atoms with Crippen LogP contribution in [0.15, 0.2) is 25.3 Å². The van der Waals surface area contributed by atoms with Crippen LogP contribution in [-0.2, 0) is 4.74 Å². The van der Waals surface area contributed by atoms with E-state index in [1.54, 1.807) is 26.0 Å². The van der Waals surface area contributed by atoms with Gasteiger partial charge in [-0.3, -0.25) is 0 Å². The zero-order chi connectivity index (χ0) is 12.6. The number of ether oxygens (including phenoxy) is 1. The number of carbonyl (C=O) groups excluding carboxylic acids is 1. The van der Waals surface area contributed by atoms with Crippen molar-refractivity contribution in [3.8, 4) is 0 Å². The van der Waals surface area contributed by atoms with Crippen LogP contribution >= 0.6 is 24.0 Å². The number of hydrogen-bond acceptors (Lipinski definition) is 4. The average molecular weight is 259 g/mol. The lowest BCUT2D eigenvalue weighted by Crippen LogP contribution is -2.28. The second-order valence-electron chi connectivity index (χ2n) is 3.27. The molecule has 0 fully saturated rings. The fraction of sp³-hybridized carbons (Fsp3) is 0.455. The summed E-state index contributed by atoms with van der Waals surface area (Å²) in [5.41, 5.74) is 0. The fourth-order valence-corrected chi connectivity index (χ4v) is 1.90. The highest BCUT2D eigenvalue weighted by Gasteiger charge is 2.14. The van der Waals surface area contributed by atoms with Gasteiger partial charge in [0, 0.05) is 24.9 Å². The van der Waals surface area contributed by atoms with Crippen molar-refractivity contribution in [2.24, 2.45) is 0 Å². The maximum atomic E-state index is 11.4. The van der Waals surface area contributed by atoms with Crippen LogP contribution in [0.2, 0.25) is 0 Å². The maximum absolute atomic E-state index is 11.4. The lowest BCUT2D eigenvalue weighted by Gasteiger charge is -2.20. The molecule has 0 N–H and O–H groups in total. The summed E-state index contributed by atoms with van der Waals surface area (Å²) in [5.74, 6) is 0. The molecule has 5 heteroatoms. The summed E-state index contributed by atoms with van der Waals surface area (Å²) < 4.78 is 5.46. The highest BCUT2D eigenvalue weighted by molar-refractivity contribution is 8.32. The molecule has 16 heavy (non-hydrogen) atoms. The van der Waals surface area contributed by atoms with Crippen molar-refractivity contribution in [1.29, 1.82) is 0 Å². The lowest BCUT2D eigenvalue weighted by molar-refractivity contribution is 0.143. The Morgan fingerprint density at radius 1 is 1.44 bits per heavy atom. The molecule has 0 spiro atoms. The van der Waals surface area contributed by atoms with Crippen LogP contribution < -0.4 is 0 Å². The third-order valence-electron chi connectivity index (χ3n) is 1.46. The summed E-state index contributed by atoms with van der Waals surface area (Å²) >= 11 is 6.04. The second-order valence-corrected chi connectivity index (χ2v) is 4.84. The van der Waals surface area contributed by atoms with Crippen LogP contribution in [-0.4, -0.2) is 33.7 Å². The Labute approximate surface area is 107 Å². The van der Waals surface area contributed by atoms with Crippen molar-refractivity contribution >= 4 is 33.6 Å². The molecule has 0 amide bonds. The topological polar surface area (TPSA) is 29.5 Å². The van der Waals surface area contributed by atoms with Crippen LogP contribution in [0.4, 0.5) is 4.79 Å². The van der Waals surface area contributed by atoms with Crippen molar-refractivity contribution in [3.05, 3.63) is 25.3 Å². The van der Waals surface area contributed by atoms with E-state index in [9.17, 15) is 4.79 Å². The van der Waals surface area contributed by atoms with E-state index in [1.165, 1.54) is 0 Å². The van der Waals surface area contributed by atoms with Gasteiger partial charge in [0.25, 0.3) is 0 Å². The van der Waals surface area contributed by atoms with Crippen LogP contribution in [0.3, 0.4) is 0 Å². The zero-order valence-corrected chi connectivity index (χ0v) is 11.3. The Bertz CT molecular complexity index is 267. The summed E-state index contributed by atoms with van der Waals surface area (Å²) in [6.07, 6.45) is 3.32. The predicted octanol–water partition coefficient (Wildman–Crippen LogP) is 3.22. The molecular formula is C11H17NO2S2. The molecular weight excluding hydrogens is 242 g/mol. The minimum absolute atomic E-state index is 0.130. The minimum Gasteiger partial charge on any atom is -0.455 e. The Morgan fingerprint density at radius 3 is 2.31 bits per heavy atom. The highest BCUT2D eigenvalue weighted by atomic mass is 32.2. The number of rotatable bonds is 5. The molecule has 0 atom stereocenters. The van der Waals surface area contributed by atoms with Gasteiger partial charge in [0.2, 0.25) is 0 Å². The number of thioether (sulfide) groups is 1. The van der Waals surface area contributed by atoms with Gasteiger partial charge >= 0.3 is 5.30 Å². The van der Waals surface area contributed by atoms with Gasteiger partial charge in [0.05, 0.1) is 6.10 Å². The predicted molar refractivity (Wildman–Crippen MR) is 73.8 cm³/mol. The molecule has 0 aromatic rings. The molecule has 0 heterocycles. The Morgan fingerprint density at radius 2 is 1.94 bits per heavy atom. The summed E-state index contributed by atoms with van der Waals surface area (Å²) in [6.45, 7) is 12.0. The molecule has 0 bridgehead atoms. The van der Waals surface area contributed by atoms with E-state index in [2.05, 4.69) is 13.2 Å². The van der Waals surface area contributed by atoms with E-state index in [0.717, 1.165) is 11.8 Å². The number of hydrogen-bond donors (Lipinski definition) is 0. The van der Waals surface area contributed by atoms with Crippen molar-refractivity contribution in [2.45, 2.75) is 20.0 Å². The van der Waals surface area contributed by atoms with Crippen LogP contribution in [0.5, 0.6) is 0 Å². The van der Waals surface area contributed by atoms with E-state index in [-0.39, 0.29) is 11.4 Å². The second kappa shape index (κ2) is 8.35. The van der Waals surface area contributed by atoms with E-state index in [0.29, 0.717) is 17.4 Å². The maximum Gasteiger partial charge on any atom is 0.374 e. The Kier molecular flexibility index (Phi) is 7.93. The van der Waals surface area contributed by atoms with Gasteiger partial charge in [-0.25, -0.2) is 4.79 Å². The standard InChI is InChI=1S/C11H17NO2S2/c1-5-7-12(8-6-2)10(15)16-11(13)14-9(3)4/h5-6,9H,1-2,7-8H2,3-4H3. The zero-order valence-electron chi connectivity index (χ0n) is 9.64. The molecule has 0 saturated heterocycles. The first kappa shape index (κ1) is 15.2. The van der Waals surface area contributed by atoms with Gasteiger partial charge in [-0.05, 0) is 13.8 Å². The Balaban J connectivity index is 4.23. The number of nitrogens with zero attached hydrogens (tertiary/aromatic N) is 1. The molecule has 0 saturated carbocycles. The molecule has 0 aromatic carbocycles. The monoisotopic (exact) mass is 259 g/mol. The quantitative estimate of drug-likeness (QED) is 0.429. The largest absolute Gasteiger partial charge is 0.455 e. The molecule has 3 nitrogen and oxygen atoms in total. The smallest absolute Gasteiger partial charge is 0.374 e. The highest BCUT2D eigenvalue weighted by Crippen LogP contribution is 2.14. The van der Waals surface area contributed by atoms with E-state index < -0.39 is 0 Å². The van der Waals surface area contributed by atoms with Gasteiger partial charge in [-0.15, -0.1) is 13.2 Å². The van der Waals surface area contributed by atoms with Gasteiger partial charge in [-0.2, -0.15) is 0 Å². The van der Waals surface area contributed by atoms with Crippen LogP contribution in [0.1, 0.15) is 13.8 Å². The third-order valence-corrected chi connectivity index (χ3v) is 2.66. The molecule has 0 unspecified atom stereocenters. The molecule has 0 rings (SSSR count). The molecule has 0 aliphatic heterocycles. The first-order valence-electron chi connectivity index (χ1n) is 4.90. The third kappa shape index (κ3) is 6.63. The van der Waals surface area contributed by atoms with E-state index >= 15 is 0 Å². The summed E-state index contributed by atoms with van der Waals surface area (Å²) in [4.78, 5) is 13.2. The van der Waals surface area contributed by atoms with Gasteiger partial charge in [-0.1, -0.05) is 24.4 Å². The normalized spacial score (nSPS) is 9.69. The molecule has 0 radical (unpaired) electrons.